The Morgan fingerprint density at radius 1 is 1.41 bits per heavy atom. The fourth-order valence-electron chi connectivity index (χ4n) is 1.42. The number of nitrogens with one attached hydrogen (secondary N) is 1. The van der Waals surface area contributed by atoms with Crippen LogP contribution in [0.2, 0.25) is 0 Å². The van der Waals surface area contributed by atoms with Gasteiger partial charge in [0.05, 0.1) is 0 Å². The van der Waals surface area contributed by atoms with E-state index >= 15 is 0 Å². The molecule has 0 spiro atoms. The molecule has 4 nitrogen and oxygen atoms in total. The maximum absolute atomic E-state index is 12.4. The molecule has 1 heterocycles. The Kier molecular flexibility index (Phi) is 4.14. The third-order valence-electron chi connectivity index (χ3n) is 2.12. The lowest BCUT2D eigenvalue weighted by atomic mass is 10.2. The van der Waals surface area contributed by atoms with Gasteiger partial charge in [0.15, 0.2) is 0 Å². The summed E-state index contributed by atoms with van der Waals surface area (Å²) in [5.41, 5.74) is 5.31. The van der Waals surface area contributed by atoms with Crippen molar-refractivity contribution in [3.63, 3.8) is 0 Å². The number of nitrogens with zero attached hydrogens (tertiary/aromatic N) is 2. The van der Waals surface area contributed by atoms with Gasteiger partial charge in [0.25, 0.3) is 0 Å². The molecular formula is C10H15F3N4. The average molecular weight is 248 g/mol. The Morgan fingerprint density at radius 3 is 2.59 bits per heavy atom. The Bertz CT molecular complexity index is 378. The lowest BCUT2D eigenvalue weighted by Crippen LogP contribution is -2.19. The highest BCUT2D eigenvalue weighted by molar-refractivity contribution is 5.45. The molecule has 7 heteroatoms. The van der Waals surface area contributed by atoms with E-state index in [1.54, 1.807) is 0 Å². The molecule has 0 aromatic carbocycles. The largest absolute Gasteiger partial charge is 0.451 e. The van der Waals surface area contributed by atoms with Crippen LogP contribution in [0.15, 0.2) is 6.07 Å². The Hall–Kier alpha value is -1.53. The van der Waals surface area contributed by atoms with Crippen LogP contribution in [0.1, 0.15) is 32.5 Å². The van der Waals surface area contributed by atoms with E-state index in [0.717, 1.165) is 12.8 Å². The summed E-state index contributed by atoms with van der Waals surface area (Å²) in [6, 6.07) is 1.33. The number of hydrogen-bond acceptors (Lipinski definition) is 4. The van der Waals surface area contributed by atoms with Crippen molar-refractivity contribution in [3.05, 3.63) is 11.9 Å². The van der Waals surface area contributed by atoms with Crippen molar-refractivity contribution in [1.29, 1.82) is 0 Å². The molecule has 0 aliphatic rings. The van der Waals surface area contributed by atoms with E-state index < -0.39 is 12.0 Å². The monoisotopic (exact) mass is 248 g/mol. The van der Waals surface area contributed by atoms with E-state index in [1.165, 1.54) is 6.07 Å². The first-order valence-electron chi connectivity index (χ1n) is 5.31. The van der Waals surface area contributed by atoms with Gasteiger partial charge in [-0.1, -0.05) is 13.3 Å². The van der Waals surface area contributed by atoms with Gasteiger partial charge in [0.1, 0.15) is 11.6 Å². The van der Waals surface area contributed by atoms with Gasteiger partial charge in [-0.25, -0.2) is 9.97 Å². The Balaban J connectivity index is 2.90. The van der Waals surface area contributed by atoms with E-state index in [0.29, 0.717) is 0 Å². The molecule has 0 saturated carbocycles. The number of aromatic nitrogens is 2. The van der Waals surface area contributed by atoms with Crippen molar-refractivity contribution in [2.45, 2.75) is 38.9 Å². The van der Waals surface area contributed by atoms with Crippen molar-refractivity contribution in [1.82, 2.24) is 9.97 Å². The summed E-state index contributed by atoms with van der Waals surface area (Å²) in [6.45, 7) is 3.86. The number of rotatable bonds is 4. The minimum absolute atomic E-state index is 0.0374. The highest BCUT2D eigenvalue weighted by atomic mass is 19.4. The average Bonchev–Trinajstić information content (AvgIpc) is 2.15. The fraction of sp³-hybridized carbons (Fsp3) is 0.600. The Morgan fingerprint density at radius 2 is 2.06 bits per heavy atom. The highest BCUT2D eigenvalue weighted by Crippen LogP contribution is 2.27. The van der Waals surface area contributed by atoms with E-state index in [4.69, 9.17) is 5.73 Å². The van der Waals surface area contributed by atoms with E-state index in [9.17, 15) is 13.2 Å². The smallest absolute Gasteiger partial charge is 0.384 e. The van der Waals surface area contributed by atoms with E-state index in [1.807, 2.05) is 13.8 Å². The molecule has 1 aromatic rings. The summed E-state index contributed by atoms with van der Waals surface area (Å²) < 4.78 is 37.3. The first-order valence-corrected chi connectivity index (χ1v) is 5.31. The molecule has 0 radical (unpaired) electrons. The van der Waals surface area contributed by atoms with Crippen LogP contribution in [0, 0.1) is 0 Å². The van der Waals surface area contributed by atoms with Crippen molar-refractivity contribution in [3.8, 4) is 0 Å². The second-order valence-corrected chi connectivity index (χ2v) is 3.83. The van der Waals surface area contributed by atoms with Crippen molar-refractivity contribution >= 4 is 11.6 Å². The predicted octanol–water partition coefficient (Wildman–Crippen LogP) is 2.68. The SMILES string of the molecule is CCCC(C)Nc1cc(N)nc(C(F)(F)F)n1. The molecule has 96 valence electrons. The highest BCUT2D eigenvalue weighted by Gasteiger charge is 2.35. The molecule has 17 heavy (non-hydrogen) atoms. The van der Waals surface area contributed by atoms with Gasteiger partial charge in [-0.05, 0) is 13.3 Å². The summed E-state index contributed by atoms with van der Waals surface area (Å²) >= 11 is 0. The van der Waals surface area contributed by atoms with Crippen LogP contribution in [0.4, 0.5) is 24.8 Å². The van der Waals surface area contributed by atoms with Crippen molar-refractivity contribution in [2.75, 3.05) is 11.1 Å². The number of halogens is 3. The van der Waals surface area contributed by atoms with Gasteiger partial charge in [0.2, 0.25) is 5.82 Å². The zero-order chi connectivity index (χ0) is 13.1. The van der Waals surface area contributed by atoms with Crippen LogP contribution in [0.3, 0.4) is 0 Å². The van der Waals surface area contributed by atoms with Gasteiger partial charge in [-0.2, -0.15) is 13.2 Å². The number of nitrogens with two attached hydrogens (primary N) is 1. The molecule has 0 saturated heterocycles. The van der Waals surface area contributed by atoms with E-state index in [-0.39, 0.29) is 17.7 Å². The minimum Gasteiger partial charge on any atom is -0.384 e. The molecule has 1 atom stereocenters. The lowest BCUT2D eigenvalue weighted by Gasteiger charge is -2.15. The molecule has 0 bridgehead atoms. The van der Waals surface area contributed by atoms with Gasteiger partial charge in [-0.15, -0.1) is 0 Å². The molecule has 0 amide bonds. The van der Waals surface area contributed by atoms with Crippen LogP contribution < -0.4 is 11.1 Å². The fourth-order valence-corrected chi connectivity index (χ4v) is 1.42. The van der Waals surface area contributed by atoms with E-state index in [2.05, 4.69) is 15.3 Å². The number of hydrogen-bond donors (Lipinski definition) is 2. The predicted molar refractivity (Wildman–Crippen MR) is 59.4 cm³/mol. The number of anilines is 2. The first-order chi connectivity index (χ1) is 7.82. The molecule has 1 unspecified atom stereocenters. The van der Waals surface area contributed by atoms with Crippen LogP contribution in [0.25, 0.3) is 0 Å². The topological polar surface area (TPSA) is 63.8 Å². The second-order valence-electron chi connectivity index (χ2n) is 3.83. The van der Waals surface area contributed by atoms with Crippen LogP contribution in [-0.2, 0) is 6.18 Å². The maximum atomic E-state index is 12.4. The van der Waals surface area contributed by atoms with Gasteiger partial charge in [0, 0.05) is 12.1 Å². The number of alkyl halides is 3. The summed E-state index contributed by atoms with van der Waals surface area (Å²) in [4.78, 5) is 6.56. The van der Waals surface area contributed by atoms with Crippen LogP contribution in [-0.4, -0.2) is 16.0 Å². The van der Waals surface area contributed by atoms with Crippen molar-refractivity contribution in [2.24, 2.45) is 0 Å². The summed E-state index contributed by atoms with van der Waals surface area (Å²) in [7, 11) is 0. The van der Waals surface area contributed by atoms with Crippen molar-refractivity contribution < 1.29 is 13.2 Å². The molecule has 0 aliphatic heterocycles. The lowest BCUT2D eigenvalue weighted by molar-refractivity contribution is -0.144. The standard InChI is InChI=1S/C10H15F3N4/c1-3-4-6(2)15-8-5-7(14)16-9(17-8)10(11,12)13/h5-6H,3-4H2,1-2H3,(H3,14,15,16,17). The third-order valence-corrected chi connectivity index (χ3v) is 2.12. The van der Waals surface area contributed by atoms with Gasteiger partial charge >= 0.3 is 6.18 Å². The molecule has 1 rings (SSSR count). The molecule has 0 fully saturated rings. The first kappa shape index (κ1) is 13.5. The summed E-state index contributed by atoms with van der Waals surface area (Å²) in [5.74, 6) is -1.31. The molecule has 3 N–H and O–H groups in total. The molecule has 0 aliphatic carbocycles. The quantitative estimate of drug-likeness (QED) is 0.859. The number of nitrogen functional groups attached to an aromatic ring is 1. The molecule has 1 aromatic heterocycles. The third kappa shape index (κ3) is 4.08. The maximum Gasteiger partial charge on any atom is 0.451 e. The zero-order valence-corrected chi connectivity index (χ0v) is 9.67. The zero-order valence-electron chi connectivity index (χ0n) is 9.67. The van der Waals surface area contributed by atoms with Crippen LogP contribution in [0.5, 0.6) is 0 Å². The summed E-state index contributed by atoms with van der Waals surface area (Å²) in [5, 5.41) is 2.86. The minimum atomic E-state index is -4.58. The van der Waals surface area contributed by atoms with Gasteiger partial charge < -0.3 is 11.1 Å². The summed E-state index contributed by atoms with van der Waals surface area (Å²) in [6.07, 6.45) is -2.81. The second kappa shape index (κ2) is 5.20. The Labute approximate surface area is 97.4 Å². The van der Waals surface area contributed by atoms with Crippen LogP contribution >= 0.6 is 0 Å². The molecular weight excluding hydrogens is 233 g/mol. The van der Waals surface area contributed by atoms with Gasteiger partial charge in [-0.3, -0.25) is 0 Å². The normalized spacial score (nSPS) is 13.5.